The fourth-order valence-electron chi connectivity index (χ4n) is 1.35. The van der Waals surface area contributed by atoms with Crippen LogP contribution in [0.1, 0.15) is 33.4 Å². The second kappa shape index (κ2) is 6.27. The Morgan fingerprint density at radius 1 is 1.47 bits per heavy atom. The van der Waals surface area contributed by atoms with E-state index in [1.807, 2.05) is 19.9 Å². The van der Waals surface area contributed by atoms with Crippen LogP contribution in [0.2, 0.25) is 0 Å². The Bertz CT molecular complexity index is 493. The Labute approximate surface area is 114 Å². The number of alkyl halides is 1. The van der Waals surface area contributed by atoms with E-state index in [0.29, 0.717) is 11.4 Å². The van der Waals surface area contributed by atoms with Gasteiger partial charge in [0.1, 0.15) is 5.67 Å². The lowest BCUT2D eigenvalue weighted by Crippen LogP contribution is -2.12. The Balaban J connectivity index is 2.76. The van der Waals surface area contributed by atoms with Gasteiger partial charge in [-0.3, -0.25) is 9.98 Å². The zero-order valence-electron chi connectivity index (χ0n) is 11.9. The number of allylic oxidation sites excluding steroid dienone is 2. The predicted molar refractivity (Wildman–Crippen MR) is 79.1 cm³/mol. The molecule has 1 aromatic rings. The minimum Gasteiger partial charge on any atom is -0.353 e. The van der Waals surface area contributed by atoms with Gasteiger partial charge in [-0.05, 0) is 39.8 Å². The van der Waals surface area contributed by atoms with Gasteiger partial charge in [0.15, 0.2) is 0 Å². The molecule has 0 amide bonds. The van der Waals surface area contributed by atoms with Crippen molar-refractivity contribution in [3.05, 3.63) is 48.6 Å². The van der Waals surface area contributed by atoms with Gasteiger partial charge in [-0.2, -0.15) is 0 Å². The van der Waals surface area contributed by atoms with Gasteiger partial charge >= 0.3 is 0 Å². The van der Waals surface area contributed by atoms with E-state index in [1.54, 1.807) is 24.5 Å². The molecule has 1 heterocycles. The highest BCUT2D eigenvalue weighted by Crippen LogP contribution is 2.23. The molecule has 0 aliphatic carbocycles. The van der Waals surface area contributed by atoms with Crippen LogP contribution in [0.3, 0.4) is 0 Å². The molecule has 0 aromatic carbocycles. The molecular weight excluding hydrogens is 241 g/mol. The molecule has 0 unspecified atom stereocenters. The van der Waals surface area contributed by atoms with Gasteiger partial charge in [0.2, 0.25) is 0 Å². The first kappa shape index (κ1) is 15.1. The summed E-state index contributed by atoms with van der Waals surface area (Å²) in [5.74, 6) is 0. The van der Waals surface area contributed by atoms with Crippen molar-refractivity contribution in [3.63, 3.8) is 0 Å². The molecule has 0 radical (unpaired) electrons. The van der Waals surface area contributed by atoms with Crippen molar-refractivity contribution in [3.8, 4) is 0 Å². The summed E-state index contributed by atoms with van der Waals surface area (Å²) < 4.78 is 13.7. The summed E-state index contributed by atoms with van der Waals surface area (Å²) in [6, 6.07) is 3.44. The topological polar surface area (TPSA) is 37.3 Å². The van der Waals surface area contributed by atoms with Crippen molar-refractivity contribution in [2.75, 3.05) is 5.32 Å². The number of halogens is 1. The van der Waals surface area contributed by atoms with Crippen molar-refractivity contribution in [2.45, 2.75) is 33.4 Å². The third-order valence-electron chi connectivity index (χ3n) is 2.52. The Kier molecular flexibility index (Phi) is 4.98. The first-order valence-corrected chi connectivity index (χ1v) is 6.12. The van der Waals surface area contributed by atoms with Crippen LogP contribution in [0.5, 0.6) is 0 Å². The summed E-state index contributed by atoms with van der Waals surface area (Å²) in [5, 5.41) is 3.09. The summed E-state index contributed by atoms with van der Waals surface area (Å²) >= 11 is 0. The van der Waals surface area contributed by atoms with Crippen molar-refractivity contribution in [2.24, 2.45) is 4.99 Å². The summed E-state index contributed by atoms with van der Waals surface area (Å²) in [5.41, 5.74) is 1.20. The number of nitrogens with one attached hydrogen (secondary N) is 1. The van der Waals surface area contributed by atoms with E-state index in [2.05, 4.69) is 21.9 Å². The fourth-order valence-corrected chi connectivity index (χ4v) is 1.35. The quantitative estimate of drug-likeness (QED) is 0.806. The molecule has 1 N–H and O–H groups in total. The van der Waals surface area contributed by atoms with Crippen LogP contribution >= 0.6 is 0 Å². The number of nitrogens with zero attached hydrogens (tertiary/aromatic N) is 2. The summed E-state index contributed by atoms with van der Waals surface area (Å²) in [4.78, 5) is 8.28. The van der Waals surface area contributed by atoms with E-state index >= 15 is 0 Å². The molecule has 0 saturated heterocycles. The average Bonchev–Trinajstić information content (AvgIpc) is 2.35. The lowest BCUT2D eigenvalue weighted by Gasteiger charge is -2.14. The van der Waals surface area contributed by atoms with Crippen LogP contribution in [0, 0.1) is 0 Å². The predicted octanol–water partition coefficient (Wildman–Crippen LogP) is 4.21. The lowest BCUT2D eigenvalue weighted by atomic mass is 10.1. The molecule has 0 atom stereocenters. The highest BCUT2D eigenvalue weighted by Gasteiger charge is 2.19. The van der Waals surface area contributed by atoms with E-state index in [9.17, 15) is 4.39 Å². The summed E-state index contributed by atoms with van der Waals surface area (Å²) in [6.07, 6.45) is 5.14. The minimum absolute atomic E-state index is 0.406. The normalized spacial score (nSPS) is 12.8. The second-order valence-corrected chi connectivity index (χ2v) is 4.71. The van der Waals surface area contributed by atoms with Gasteiger partial charge in [0.05, 0.1) is 29.0 Å². The Morgan fingerprint density at radius 2 is 2.16 bits per heavy atom. The molecule has 0 bridgehead atoms. The number of hydrogen-bond acceptors (Lipinski definition) is 3. The molecule has 0 fully saturated rings. The lowest BCUT2D eigenvalue weighted by molar-refractivity contribution is 0.214. The van der Waals surface area contributed by atoms with Gasteiger partial charge < -0.3 is 5.32 Å². The molecule has 0 aliphatic rings. The van der Waals surface area contributed by atoms with Crippen LogP contribution in [-0.4, -0.2) is 10.7 Å². The maximum Gasteiger partial charge on any atom is 0.147 e. The number of aromatic nitrogens is 1. The third kappa shape index (κ3) is 4.66. The average molecular weight is 261 g/mol. The maximum atomic E-state index is 13.7. The van der Waals surface area contributed by atoms with Crippen molar-refractivity contribution in [1.82, 2.24) is 4.98 Å². The van der Waals surface area contributed by atoms with E-state index in [1.165, 1.54) is 13.8 Å². The largest absolute Gasteiger partial charge is 0.353 e. The van der Waals surface area contributed by atoms with Crippen LogP contribution in [0.4, 0.5) is 10.1 Å². The number of aliphatic imine (C=N–C) groups is 1. The number of anilines is 1. The summed E-state index contributed by atoms with van der Waals surface area (Å²) in [6.45, 7) is 10.6. The first-order chi connectivity index (χ1) is 8.84. The van der Waals surface area contributed by atoms with Crippen molar-refractivity contribution < 1.29 is 4.39 Å². The molecule has 0 spiro atoms. The fraction of sp³-hybridized carbons (Fsp3) is 0.333. The van der Waals surface area contributed by atoms with Gasteiger partial charge in [0.25, 0.3) is 0 Å². The molecule has 102 valence electrons. The monoisotopic (exact) mass is 261 g/mol. The number of rotatable bonds is 5. The molecular formula is C15H20FN3. The van der Waals surface area contributed by atoms with Crippen LogP contribution in [-0.2, 0) is 5.67 Å². The first-order valence-electron chi connectivity index (χ1n) is 6.12. The second-order valence-electron chi connectivity index (χ2n) is 4.71. The van der Waals surface area contributed by atoms with Crippen LogP contribution < -0.4 is 5.32 Å². The van der Waals surface area contributed by atoms with E-state index in [-0.39, 0.29) is 0 Å². The highest BCUT2D eigenvalue weighted by atomic mass is 19.1. The number of pyridine rings is 1. The van der Waals surface area contributed by atoms with E-state index in [4.69, 9.17) is 0 Å². The van der Waals surface area contributed by atoms with E-state index in [0.717, 1.165) is 11.4 Å². The third-order valence-corrected chi connectivity index (χ3v) is 2.52. The van der Waals surface area contributed by atoms with Gasteiger partial charge in [0, 0.05) is 6.20 Å². The van der Waals surface area contributed by atoms with Crippen LogP contribution in [0.25, 0.3) is 0 Å². The zero-order valence-corrected chi connectivity index (χ0v) is 11.9. The molecule has 0 saturated carbocycles. The van der Waals surface area contributed by atoms with Gasteiger partial charge in [-0.15, -0.1) is 0 Å². The van der Waals surface area contributed by atoms with Gasteiger partial charge in [-0.1, -0.05) is 12.7 Å². The zero-order chi connectivity index (χ0) is 14.5. The maximum absolute atomic E-state index is 13.7. The molecule has 1 aromatic heterocycles. The summed E-state index contributed by atoms with van der Waals surface area (Å²) in [7, 11) is 0. The molecule has 0 aliphatic heterocycles. The standard InChI is InChI=1S/C15H20FN3/c1-6-9-17-11(2)12(3)19-13-7-8-14(18-10-13)15(4,5)16/h6-10,19H,3H2,1-2,4-5H3/b9-6-,17-11?. The van der Waals surface area contributed by atoms with Gasteiger partial charge in [-0.25, -0.2) is 4.39 Å². The Morgan fingerprint density at radius 3 is 2.63 bits per heavy atom. The minimum atomic E-state index is -1.43. The Hall–Kier alpha value is -1.97. The number of hydrogen-bond donors (Lipinski definition) is 1. The smallest absolute Gasteiger partial charge is 0.147 e. The van der Waals surface area contributed by atoms with Crippen molar-refractivity contribution in [1.29, 1.82) is 0 Å². The molecule has 3 nitrogen and oxygen atoms in total. The molecule has 4 heteroatoms. The van der Waals surface area contributed by atoms with Crippen LogP contribution in [0.15, 0.2) is 47.9 Å². The van der Waals surface area contributed by atoms with Crippen molar-refractivity contribution >= 4 is 11.4 Å². The molecule has 19 heavy (non-hydrogen) atoms. The molecule has 1 rings (SSSR count). The highest BCUT2D eigenvalue weighted by molar-refractivity contribution is 6.00. The van der Waals surface area contributed by atoms with E-state index < -0.39 is 5.67 Å². The SMILES string of the molecule is C=C(Nc1ccc(C(C)(C)F)nc1)C(C)=N/C=C\C.